The molecule has 1 heterocycles. The zero-order valence-corrected chi connectivity index (χ0v) is 11.1. The van der Waals surface area contributed by atoms with Gasteiger partial charge in [-0.25, -0.2) is 0 Å². The van der Waals surface area contributed by atoms with Gasteiger partial charge in [-0.2, -0.15) is 0 Å². The smallest absolute Gasteiger partial charge is 0.134 e. The van der Waals surface area contributed by atoms with E-state index in [9.17, 15) is 5.11 Å². The number of rotatable bonds is 2. The fourth-order valence-electron chi connectivity index (χ4n) is 2.45. The van der Waals surface area contributed by atoms with Gasteiger partial charge in [0, 0.05) is 10.9 Å². The largest absolute Gasteiger partial charge is 0.464 e. The molecule has 0 saturated heterocycles. The highest BCUT2D eigenvalue weighted by Crippen LogP contribution is 2.32. The third kappa shape index (κ3) is 1.94. The van der Waals surface area contributed by atoms with Gasteiger partial charge in [0.05, 0.1) is 6.26 Å². The minimum absolute atomic E-state index is 0.649. The van der Waals surface area contributed by atoms with Crippen LogP contribution in [0.25, 0.3) is 11.0 Å². The maximum atomic E-state index is 10.6. The molecule has 2 heteroatoms. The van der Waals surface area contributed by atoms with E-state index in [0.29, 0.717) is 0 Å². The van der Waals surface area contributed by atoms with E-state index in [4.69, 9.17) is 4.42 Å². The molecule has 0 aliphatic heterocycles. The van der Waals surface area contributed by atoms with Crippen molar-refractivity contribution in [2.45, 2.75) is 20.0 Å². The molecule has 0 bridgehead atoms. The van der Waals surface area contributed by atoms with Gasteiger partial charge in [-0.1, -0.05) is 36.4 Å². The predicted octanol–water partition coefficient (Wildman–Crippen LogP) is 4.13. The molecule has 0 saturated carbocycles. The molecule has 3 aromatic rings. The van der Waals surface area contributed by atoms with E-state index in [2.05, 4.69) is 13.0 Å². The van der Waals surface area contributed by atoms with Crippen LogP contribution in [0, 0.1) is 13.8 Å². The Morgan fingerprint density at radius 2 is 1.74 bits per heavy atom. The number of aryl methyl sites for hydroxylation is 1. The van der Waals surface area contributed by atoms with Gasteiger partial charge >= 0.3 is 0 Å². The van der Waals surface area contributed by atoms with E-state index >= 15 is 0 Å². The SMILES string of the molecule is Cc1cccc(C(O)c2coc3ccccc23)c1C. The third-order valence-corrected chi connectivity index (χ3v) is 3.75. The summed E-state index contributed by atoms with van der Waals surface area (Å²) in [6.45, 7) is 4.09. The summed E-state index contributed by atoms with van der Waals surface area (Å²) in [5.41, 5.74) is 4.88. The van der Waals surface area contributed by atoms with Crippen molar-refractivity contribution in [2.75, 3.05) is 0 Å². The first-order valence-corrected chi connectivity index (χ1v) is 6.39. The summed E-state index contributed by atoms with van der Waals surface area (Å²) in [5, 5.41) is 11.6. The highest BCUT2D eigenvalue weighted by atomic mass is 16.3. The Kier molecular flexibility index (Phi) is 2.88. The van der Waals surface area contributed by atoms with Crippen LogP contribution >= 0.6 is 0 Å². The molecule has 0 spiro atoms. The van der Waals surface area contributed by atoms with Crippen LogP contribution in [0.4, 0.5) is 0 Å². The van der Waals surface area contributed by atoms with E-state index in [0.717, 1.165) is 27.7 Å². The molecule has 0 amide bonds. The molecule has 19 heavy (non-hydrogen) atoms. The third-order valence-electron chi connectivity index (χ3n) is 3.75. The molecule has 1 N–H and O–H groups in total. The lowest BCUT2D eigenvalue weighted by atomic mass is 9.94. The number of aliphatic hydroxyl groups is 1. The van der Waals surface area contributed by atoms with Crippen LogP contribution in [0.15, 0.2) is 53.1 Å². The molecular formula is C17H16O2. The van der Waals surface area contributed by atoms with Crippen molar-refractivity contribution in [2.24, 2.45) is 0 Å². The van der Waals surface area contributed by atoms with Crippen molar-refractivity contribution in [1.29, 1.82) is 0 Å². The second-order valence-corrected chi connectivity index (χ2v) is 4.88. The number of hydrogen-bond donors (Lipinski definition) is 1. The zero-order chi connectivity index (χ0) is 13.4. The van der Waals surface area contributed by atoms with Gasteiger partial charge in [-0.15, -0.1) is 0 Å². The maximum Gasteiger partial charge on any atom is 0.134 e. The first-order chi connectivity index (χ1) is 9.18. The van der Waals surface area contributed by atoms with Crippen LogP contribution in [0.1, 0.15) is 28.4 Å². The molecule has 1 aromatic heterocycles. The summed E-state index contributed by atoms with van der Waals surface area (Å²) in [6.07, 6.45) is 1.00. The molecule has 0 radical (unpaired) electrons. The van der Waals surface area contributed by atoms with Crippen molar-refractivity contribution >= 4 is 11.0 Å². The molecule has 0 aliphatic rings. The Morgan fingerprint density at radius 1 is 0.947 bits per heavy atom. The summed E-state index contributed by atoms with van der Waals surface area (Å²) in [6, 6.07) is 13.8. The van der Waals surface area contributed by atoms with E-state index in [1.54, 1.807) is 6.26 Å². The van der Waals surface area contributed by atoms with Crippen molar-refractivity contribution in [1.82, 2.24) is 0 Å². The highest BCUT2D eigenvalue weighted by Gasteiger charge is 2.18. The van der Waals surface area contributed by atoms with Crippen molar-refractivity contribution < 1.29 is 9.52 Å². The predicted molar refractivity (Wildman–Crippen MR) is 76.2 cm³/mol. The molecule has 0 aliphatic carbocycles. The fraction of sp³-hybridized carbons (Fsp3) is 0.176. The summed E-state index contributed by atoms with van der Waals surface area (Å²) in [4.78, 5) is 0. The number of hydrogen-bond acceptors (Lipinski definition) is 2. The van der Waals surface area contributed by atoms with Crippen molar-refractivity contribution in [3.63, 3.8) is 0 Å². The van der Waals surface area contributed by atoms with Crippen molar-refractivity contribution in [3.05, 3.63) is 71.0 Å². The standard InChI is InChI=1S/C17H16O2/c1-11-6-5-8-13(12(11)2)17(18)15-10-19-16-9-4-3-7-14(15)16/h3-10,17-18H,1-2H3. The number of aliphatic hydroxyl groups excluding tert-OH is 1. The van der Waals surface area contributed by atoms with Crippen LogP contribution in [0.5, 0.6) is 0 Å². The Balaban J connectivity index is 2.13. The van der Waals surface area contributed by atoms with Gasteiger partial charge in [0.25, 0.3) is 0 Å². The van der Waals surface area contributed by atoms with Crippen LogP contribution in [0.3, 0.4) is 0 Å². The quantitative estimate of drug-likeness (QED) is 0.744. The normalized spacial score (nSPS) is 12.8. The van der Waals surface area contributed by atoms with E-state index < -0.39 is 6.10 Å². The molecule has 3 rings (SSSR count). The number of fused-ring (bicyclic) bond motifs is 1. The van der Waals surface area contributed by atoms with Crippen LogP contribution < -0.4 is 0 Å². The number of benzene rings is 2. The number of para-hydroxylation sites is 1. The second-order valence-electron chi connectivity index (χ2n) is 4.88. The molecule has 1 atom stereocenters. The molecule has 1 unspecified atom stereocenters. The van der Waals surface area contributed by atoms with E-state index in [1.165, 1.54) is 5.56 Å². The van der Waals surface area contributed by atoms with Gasteiger partial charge in [0.1, 0.15) is 11.7 Å². The minimum Gasteiger partial charge on any atom is -0.464 e. The van der Waals surface area contributed by atoms with Gasteiger partial charge in [0.15, 0.2) is 0 Å². The highest BCUT2D eigenvalue weighted by molar-refractivity contribution is 5.81. The van der Waals surface area contributed by atoms with Gasteiger partial charge < -0.3 is 9.52 Å². The van der Waals surface area contributed by atoms with E-state index in [1.807, 2.05) is 43.3 Å². The molecule has 2 nitrogen and oxygen atoms in total. The summed E-state index contributed by atoms with van der Waals surface area (Å²) in [7, 11) is 0. The Labute approximate surface area is 112 Å². The fourth-order valence-corrected chi connectivity index (χ4v) is 2.45. The van der Waals surface area contributed by atoms with Crippen LogP contribution in [-0.4, -0.2) is 5.11 Å². The summed E-state index contributed by atoms with van der Waals surface area (Å²) >= 11 is 0. The average molecular weight is 252 g/mol. The van der Waals surface area contributed by atoms with Gasteiger partial charge in [-0.05, 0) is 36.6 Å². The van der Waals surface area contributed by atoms with Crippen LogP contribution in [0.2, 0.25) is 0 Å². The summed E-state index contributed by atoms with van der Waals surface area (Å²) in [5.74, 6) is 0. The van der Waals surface area contributed by atoms with Gasteiger partial charge in [-0.3, -0.25) is 0 Å². The molecule has 0 fully saturated rings. The summed E-state index contributed by atoms with van der Waals surface area (Å²) < 4.78 is 5.50. The Morgan fingerprint density at radius 3 is 2.58 bits per heavy atom. The van der Waals surface area contributed by atoms with E-state index in [-0.39, 0.29) is 0 Å². The van der Waals surface area contributed by atoms with Gasteiger partial charge in [0.2, 0.25) is 0 Å². The second kappa shape index (κ2) is 4.56. The topological polar surface area (TPSA) is 33.4 Å². The first kappa shape index (κ1) is 12.0. The lowest BCUT2D eigenvalue weighted by molar-refractivity contribution is 0.219. The maximum absolute atomic E-state index is 10.6. The molecular weight excluding hydrogens is 236 g/mol. The average Bonchev–Trinajstić information content (AvgIpc) is 2.85. The first-order valence-electron chi connectivity index (χ1n) is 6.39. The minimum atomic E-state index is -0.649. The zero-order valence-electron chi connectivity index (χ0n) is 11.1. The molecule has 96 valence electrons. The molecule has 2 aromatic carbocycles. The van der Waals surface area contributed by atoms with Crippen molar-refractivity contribution in [3.8, 4) is 0 Å². The monoisotopic (exact) mass is 252 g/mol. The Bertz CT molecular complexity index is 725. The van der Waals surface area contributed by atoms with Crippen LogP contribution in [-0.2, 0) is 0 Å². The lowest BCUT2D eigenvalue weighted by Crippen LogP contribution is -2.02. The Hall–Kier alpha value is -2.06. The number of furan rings is 1. The lowest BCUT2D eigenvalue weighted by Gasteiger charge is -2.14.